The lowest BCUT2D eigenvalue weighted by atomic mass is 9.85. The van der Waals surface area contributed by atoms with E-state index in [4.69, 9.17) is 0 Å². The number of amides is 2. The number of anilines is 1. The predicted molar refractivity (Wildman–Crippen MR) is 85.0 cm³/mol. The van der Waals surface area contributed by atoms with Crippen LogP contribution in [0.5, 0.6) is 0 Å². The molecule has 1 heterocycles. The highest BCUT2D eigenvalue weighted by Gasteiger charge is 2.73. The molecule has 2 amide bonds. The van der Waals surface area contributed by atoms with E-state index in [1.807, 2.05) is 0 Å². The fourth-order valence-corrected chi connectivity index (χ4v) is 5.20. The molecule has 5 nitrogen and oxygen atoms in total. The van der Waals surface area contributed by atoms with Crippen molar-refractivity contribution in [2.75, 3.05) is 12.0 Å². The molecule has 1 aromatic carbocycles. The highest BCUT2D eigenvalue weighted by molar-refractivity contribution is 6.23. The third kappa shape index (κ3) is 1.48. The third-order valence-corrected chi connectivity index (χ3v) is 6.40. The highest BCUT2D eigenvalue weighted by Crippen LogP contribution is 2.73. The van der Waals surface area contributed by atoms with Gasteiger partial charge in [0.2, 0.25) is 11.8 Å². The normalized spacial score (nSPS) is 34.1. The van der Waals surface area contributed by atoms with E-state index in [0.717, 1.165) is 12.8 Å². The fraction of sp³-hybridized carbons (Fsp3) is 0.421. The second-order valence-electron chi connectivity index (χ2n) is 7.27. The van der Waals surface area contributed by atoms with Crippen molar-refractivity contribution in [2.45, 2.75) is 12.8 Å². The molecule has 1 saturated heterocycles. The minimum absolute atomic E-state index is 0.0843. The molecule has 5 rings (SSSR count). The van der Waals surface area contributed by atoms with Crippen LogP contribution >= 0.6 is 0 Å². The largest absolute Gasteiger partial charge is 0.465 e. The number of benzene rings is 1. The SMILES string of the molecule is COC(=O)c1ccc(N2C(=O)[C@H]3[C@H](C2=O)[C@H]2C=C[C@H]3C23CC3)cc1. The number of hydrogen-bond acceptors (Lipinski definition) is 4. The Bertz CT molecular complexity index is 771. The number of allylic oxidation sites excluding steroid dienone is 2. The van der Waals surface area contributed by atoms with E-state index in [1.165, 1.54) is 12.0 Å². The molecule has 3 fully saturated rings. The number of imide groups is 1. The molecule has 1 spiro atoms. The summed E-state index contributed by atoms with van der Waals surface area (Å²) in [6, 6.07) is 6.47. The molecule has 4 aliphatic rings. The van der Waals surface area contributed by atoms with Crippen LogP contribution in [0.4, 0.5) is 5.69 Å². The predicted octanol–water partition coefficient (Wildman–Crippen LogP) is 2.17. The van der Waals surface area contributed by atoms with E-state index in [0.29, 0.717) is 11.3 Å². The molecular weight excluding hydrogens is 306 g/mol. The van der Waals surface area contributed by atoms with Crippen LogP contribution in [-0.4, -0.2) is 24.9 Å². The van der Waals surface area contributed by atoms with Gasteiger partial charge in [-0.1, -0.05) is 12.2 Å². The fourth-order valence-electron chi connectivity index (χ4n) is 5.20. The second kappa shape index (κ2) is 4.35. The van der Waals surface area contributed by atoms with Gasteiger partial charge >= 0.3 is 5.97 Å². The number of carbonyl (C=O) groups is 3. The van der Waals surface area contributed by atoms with E-state index < -0.39 is 5.97 Å². The van der Waals surface area contributed by atoms with E-state index in [-0.39, 0.29) is 40.9 Å². The van der Waals surface area contributed by atoms with E-state index in [1.54, 1.807) is 24.3 Å². The van der Waals surface area contributed by atoms with Crippen molar-refractivity contribution < 1.29 is 19.1 Å². The Hall–Kier alpha value is -2.43. The van der Waals surface area contributed by atoms with Crippen LogP contribution in [0.15, 0.2) is 36.4 Å². The Labute approximate surface area is 139 Å². The summed E-state index contributed by atoms with van der Waals surface area (Å²) in [6.07, 6.45) is 6.59. The molecule has 24 heavy (non-hydrogen) atoms. The molecule has 1 aliphatic heterocycles. The number of carbonyl (C=O) groups excluding carboxylic acids is 3. The van der Waals surface area contributed by atoms with Crippen molar-refractivity contribution in [1.29, 1.82) is 0 Å². The molecule has 0 N–H and O–H groups in total. The van der Waals surface area contributed by atoms with Crippen LogP contribution in [0.3, 0.4) is 0 Å². The van der Waals surface area contributed by atoms with Crippen molar-refractivity contribution in [3.8, 4) is 0 Å². The lowest BCUT2D eigenvalue weighted by Gasteiger charge is -2.21. The molecule has 2 bridgehead atoms. The van der Waals surface area contributed by atoms with Gasteiger partial charge < -0.3 is 4.74 Å². The average Bonchev–Trinajstić information content (AvgIpc) is 3.20. The summed E-state index contributed by atoms with van der Waals surface area (Å²) in [4.78, 5) is 38.8. The summed E-state index contributed by atoms with van der Waals surface area (Å²) in [6.45, 7) is 0. The standard InChI is InChI=1S/C19H17NO4/c1-24-18(23)10-2-4-11(5-3-10)20-16(21)14-12-6-7-13(15(14)17(20)22)19(12)8-9-19/h2-7,12-15H,8-9H2,1H3/t12-,13-,14-,15-/m1/s1. The first-order valence-electron chi connectivity index (χ1n) is 8.33. The lowest BCUT2D eigenvalue weighted by Crippen LogP contribution is -2.34. The van der Waals surface area contributed by atoms with Crippen molar-refractivity contribution in [2.24, 2.45) is 29.1 Å². The summed E-state index contributed by atoms with van der Waals surface area (Å²) in [5.74, 6) is -0.551. The van der Waals surface area contributed by atoms with E-state index >= 15 is 0 Å². The van der Waals surface area contributed by atoms with Crippen molar-refractivity contribution in [3.63, 3.8) is 0 Å². The first kappa shape index (κ1) is 14.0. The Morgan fingerprint density at radius 2 is 1.58 bits per heavy atom. The zero-order valence-electron chi connectivity index (χ0n) is 13.3. The van der Waals surface area contributed by atoms with Gasteiger partial charge in [0.15, 0.2) is 0 Å². The van der Waals surface area contributed by atoms with Gasteiger partial charge in [-0.15, -0.1) is 0 Å². The summed E-state index contributed by atoms with van der Waals surface area (Å²) >= 11 is 0. The molecular formula is C19H17NO4. The summed E-state index contributed by atoms with van der Waals surface area (Å²) in [5.41, 5.74) is 1.15. The van der Waals surface area contributed by atoms with Crippen LogP contribution in [-0.2, 0) is 14.3 Å². The van der Waals surface area contributed by atoms with Gasteiger partial charge in [-0.25, -0.2) is 4.79 Å². The van der Waals surface area contributed by atoms with Crippen LogP contribution in [0.1, 0.15) is 23.2 Å². The second-order valence-corrected chi connectivity index (χ2v) is 7.27. The summed E-state index contributed by atoms with van der Waals surface area (Å²) in [5, 5.41) is 0. The number of nitrogens with zero attached hydrogens (tertiary/aromatic N) is 1. The maximum atomic E-state index is 13.0. The average molecular weight is 323 g/mol. The molecule has 4 atom stereocenters. The molecule has 3 aliphatic carbocycles. The Balaban J connectivity index is 1.48. The van der Waals surface area contributed by atoms with Crippen LogP contribution in [0, 0.1) is 29.1 Å². The minimum Gasteiger partial charge on any atom is -0.465 e. The molecule has 5 heteroatoms. The van der Waals surface area contributed by atoms with Gasteiger partial charge in [-0.3, -0.25) is 14.5 Å². The zero-order valence-corrected chi connectivity index (χ0v) is 13.3. The van der Waals surface area contributed by atoms with Gasteiger partial charge in [0.25, 0.3) is 0 Å². The van der Waals surface area contributed by atoms with Crippen molar-refractivity contribution in [3.05, 3.63) is 42.0 Å². The summed E-state index contributed by atoms with van der Waals surface area (Å²) < 4.78 is 4.68. The third-order valence-electron chi connectivity index (χ3n) is 6.40. The van der Waals surface area contributed by atoms with Gasteiger partial charge in [0.1, 0.15) is 0 Å². The van der Waals surface area contributed by atoms with Gasteiger partial charge in [-0.2, -0.15) is 0 Å². The van der Waals surface area contributed by atoms with Crippen LogP contribution in [0.25, 0.3) is 0 Å². The molecule has 0 radical (unpaired) electrons. The molecule has 122 valence electrons. The number of methoxy groups -OCH3 is 1. The monoisotopic (exact) mass is 323 g/mol. The zero-order chi connectivity index (χ0) is 16.6. The van der Waals surface area contributed by atoms with Crippen molar-refractivity contribution in [1.82, 2.24) is 0 Å². The number of ether oxygens (including phenoxy) is 1. The van der Waals surface area contributed by atoms with Gasteiger partial charge in [0.05, 0.1) is 30.2 Å². The number of rotatable bonds is 2. The first-order valence-corrected chi connectivity index (χ1v) is 8.33. The minimum atomic E-state index is -0.435. The van der Waals surface area contributed by atoms with E-state index in [2.05, 4.69) is 16.9 Å². The van der Waals surface area contributed by atoms with Crippen LogP contribution in [0.2, 0.25) is 0 Å². The maximum absolute atomic E-state index is 13.0. The smallest absolute Gasteiger partial charge is 0.337 e. The van der Waals surface area contributed by atoms with Crippen molar-refractivity contribution >= 4 is 23.5 Å². The Morgan fingerprint density at radius 3 is 2.04 bits per heavy atom. The summed E-state index contributed by atoms with van der Waals surface area (Å²) in [7, 11) is 1.32. The molecule has 0 unspecified atom stereocenters. The molecule has 0 aromatic heterocycles. The highest BCUT2D eigenvalue weighted by atomic mass is 16.5. The van der Waals surface area contributed by atoms with E-state index in [9.17, 15) is 14.4 Å². The topological polar surface area (TPSA) is 63.7 Å². The van der Waals surface area contributed by atoms with Gasteiger partial charge in [-0.05, 0) is 54.4 Å². The number of esters is 1. The van der Waals surface area contributed by atoms with Crippen LogP contribution < -0.4 is 4.90 Å². The Morgan fingerprint density at radius 1 is 1.04 bits per heavy atom. The molecule has 1 aromatic rings. The Kier molecular flexibility index (Phi) is 2.53. The quantitative estimate of drug-likeness (QED) is 0.475. The first-order chi connectivity index (χ1) is 11.6. The number of hydrogen-bond donors (Lipinski definition) is 0. The lowest BCUT2D eigenvalue weighted by molar-refractivity contribution is -0.123. The van der Waals surface area contributed by atoms with Gasteiger partial charge in [0, 0.05) is 0 Å². The maximum Gasteiger partial charge on any atom is 0.337 e. The number of fused-ring (bicyclic) bond motifs is 3. The molecule has 2 saturated carbocycles.